The molecule has 0 aromatic carbocycles. The van der Waals surface area contributed by atoms with Gasteiger partial charge in [0.25, 0.3) is 0 Å². The summed E-state index contributed by atoms with van der Waals surface area (Å²) in [5.74, 6) is 1.01. The number of likely N-dealkylation sites (N-methyl/N-ethyl adjacent to an activating group) is 1. The number of hydrogen-bond donors (Lipinski definition) is 0. The van der Waals surface area contributed by atoms with Crippen LogP contribution in [0.3, 0.4) is 0 Å². The Kier molecular flexibility index (Phi) is 7.30. The molecule has 10 heteroatoms. The summed E-state index contributed by atoms with van der Waals surface area (Å²) < 4.78 is 18.1. The van der Waals surface area contributed by atoms with Gasteiger partial charge in [0.2, 0.25) is 0 Å². The first-order chi connectivity index (χ1) is 14.2. The normalized spacial score (nSPS) is 16.0. The van der Waals surface area contributed by atoms with Crippen molar-refractivity contribution in [1.82, 2.24) is 27.4 Å². The average Bonchev–Trinajstić information content (AvgIpc) is 3.38. The lowest BCUT2D eigenvalue weighted by atomic mass is 10.1. The van der Waals surface area contributed by atoms with Crippen LogP contribution in [0.1, 0.15) is 25.5 Å². The van der Waals surface area contributed by atoms with E-state index in [2.05, 4.69) is 47.4 Å². The van der Waals surface area contributed by atoms with E-state index >= 15 is 0 Å². The maximum Gasteiger partial charge on any atom is 0.138 e. The van der Waals surface area contributed by atoms with Gasteiger partial charge in [-0.1, -0.05) is 24.8 Å². The minimum absolute atomic E-state index is 0.442. The molecule has 1 aliphatic rings. The van der Waals surface area contributed by atoms with Crippen LogP contribution in [0.25, 0.3) is 16.8 Å². The van der Waals surface area contributed by atoms with Crippen LogP contribution in [0.15, 0.2) is 40.7 Å². The van der Waals surface area contributed by atoms with E-state index in [4.69, 9.17) is 0 Å². The lowest BCUT2D eigenvalue weighted by molar-refractivity contribution is 0.372. The van der Waals surface area contributed by atoms with Crippen LogP contribution in [-0.2, 0) is 0 Å². The molecule has 6 nitrogen and oxygen atoms in total. The number of rotatable bonds is 8. The molecule has 4 rings (SSSR count). The number of nitrogens with zero attached hydrogens (tertiary/aromatic N) is 6. The highest BCUT2D eigenvalue weighted by atomic mass is 32.2. The molecule has 0 saturated carbocycles. The predicted molar refractivity (Wildman–Crippen MR) is 124 cm³/mol. The molecule has 3 aromatic heterocycles. The molecule has 0 amide bonds. The highest BCUT2D eigenvalue weighted by Crippen LogP contribution is 2.34. The SMILES string of the molecule is CC(CCSc1nsnc1C1=CCCN(C)C1)Sc1nsnc1-c1cccnc1. The molecule has 152 valence electrons. The van der Waals surface area contributed by atoms with Crippen molar-refractivity contribution < 1.29 is 0 Å². The third-order valence-electron chi connectivity index (χ3n) is 4.57. The predicted octanol–water partition coefficient (Wildman–Crippen LogP) is 4.83. The number of hydrogen-bond acceptors (Lipinski definition) is 10. The standard InChI is InChI=1S/C19H22N6S4/c1-13(27-19-16(21-29-24-19)14-5-3-8-20-11-14)7-10-26-18-17(22-28-23-18)15-6-4-9-25(2)12-15/h3,5-6,8,11,13H,4,7,9-10,12H2,1-2H3. The Balaban J connectivity index is 1.32. The van der Waals surface area contributed by atoms with Gasteiger partial charge >= 0.3 is 0 Å². The second kappa shape index (κ2) is 10.1. The minimum Gasteiger partial charge on any atom is -0.302 e. The highest BCUT2D eigenvalue weighted by molar-refractivity contribution is 8.00. The van der Waals surface area contributed by atoms with E-state index in [0.29, 0.717) is 5.25 Å². The van der Waals surface area contributed by atoms with E-state index in [1.165, 1.54) is 29.0 Å². The van der Waals surface area contributed by atoms with Gasteiger partial charge in [-0.15, -0.1) is 11.8 Å². The van der Waals surface area contributed by atoms with Crippen LogP contribution >= 0.6 is 47.0 Å². The minimum atomic E-state index is 0.442. The number of aromatic nitrogens is 5. The Bertz CT molecular complexity index is 955. The topological polar surface area (TPSA) is 67.7 Å². The van der Waals surface area contributed by atoms with E-state index in [1.54, 1.807) is 18.0 Å². The molecule has 0 bridgehead atoms. The molecule has 0 N–H and O–H groups in total. The van der Waals surface area contributed by atoms with Crippen molar-refractivity contribution in [1.29, 1.82) is 0 Å². The second-order valence-corrected chi connectivity index (χ2v) is 10.5. The Morgan fingerprint density at radius 1 is 1.14 bits per heavy atom. The molecule has 1 aliphatic heterocycles. The van der Waals surface area contributed by atoms with Crippen LogP contribution in [-0.4, -0.2) is 58.5 Å². The van der Waals surface area contributed by atoms with E-state index in [1.807, 2.05) is 30.1 Å². The molecule has 29 heavy (non-hydrogen) atoms. The van der Waals surface area contributed by atoms with Crippen molar-refractivity contribution in [3.05, 3.63) is 36.3 Å². The van der Waals surface area contributed by atoms with Gasteiger partial charge in [-0.3, -0.25) is 4.98 Å². The van der Waals surface area contributed by atoms with Gasteiger partial charge in [0.05, 0.1) is 23.5 Å². The van der Waals surface area contributed by atoms with Gasteiger partial charge in [-0.25, -0.2) is 0 Å². The van der Waals surface area contributed by atoms with Crippen LogP contribution < -0.4 is 0 Å². The molecular formula is C19H22N6S4. The lowest BCUT2D eigenvalue weighted by Crippen LogP contribution is -2.25. The van der Waals surface area contributed by atoms with Crippen molar-refractivity contribution in [3.63, 3.8) is 0 Å². The summed E-state index contributed by atoms with van der Waals surface area (Å²) in [5, 5.41) is 2.50. The Hall–Kier alpha value is -1.33. The van der Waals surface area contributed by atoms with Gasteiger partial charge < -0.3 is 4.90 Å². The summed E-state index contributed by atoms with van der Waals surface area (Å²) in [4.78, 5) is 6.53. The van der Waals surface area contributed by atoms with E-state index in [0.717, 1.165) is 58.7 Å². The Morgan fingerprint density at radius 2 is 1.97 bits per heavy atom. The smallest absolute Gasteiger partial charge is 0.138 e. The Labute approximate surface area is 187 Å². The van der Waals surface area contributed by atoms with E-state index in [-0.39, 0.29) is 0 Å². The fourth-order valence-corrected chi connectivity index (χ4v) is 6.72. The Morgan fingerprint density at radius 3 is 2.76 bits per heavy atom. The first-order valence-electron chi connectivity index (χ1n) is 9.43. The van der Waals surface area contributed by atoms with Crippen molar-refractivity contribution >= 4 is 52.6 Å². The fourth-order valence-electron chi connectivity index (χ4n) is 3.04. The molecule has 0 saturated heterocycles. The molecule has 0 aliphatic carbocycles. The molecule has 0 spiro atoms. The van der Waals surface area contributed by atoms with Gasteiger partial charge in [-0.05, 0) is 37.6 Å². The molecule has 1 unspecified atom stereocenters. The summed E-state index contributed by atoms with van der Waals surface area (Å²) in [7, 11) is 2.16. The van der Waals surface area contributed by atoms with E-state index < -0.39 is 0 Å². The van der Waals surface area contributed by atoms with Crippen molar-refractivity contribution in [3.8, 4) is 11.3 Å². The van der Waals surface area contributed by atoms with Gasteiger partial charge in [0, 0.05) is 42.0 Å². The van der Waals surface area contributed by atoms with Gasteiger partial charge in [-0.2, -0.15) is 17.5 Å². The highest BCUT2D eigenvalue weighted by Gasteiger charge is 2.19. The average molecular weight is 463 g/mol. The first-order valence-corrected chi connectivity index (χ1v) is 12.8. The van der Waals surface area contributed by atoms with Crippen LogP contribution in [0, 0.1) is 0 Å². The zero-order chi connectivity index (χ0) is 20.1. The second-order valence-electron chi connectivity index (χ2n) is 6.90. The van der Waals surface area contributed by atoms with Gasteiger partial charge in [0.15, 0.2) is 0 Å². The third-order valence-corrected chi connectivity index (χ3v) is 8.01. The molecule has 1 atom stereocenters. The van der Waals surface area contributed by atoms with Crippen LogP contribution in [0.5, 0.6) is 0 Å². The van der Waals surface area contributed by atoms with Gasteiger partial charge in [0.1, 0.15) is 21.4 Å². The van der Waals surface area contributed by atoms with Crippen LogP contribution in [0.4, 0.5) is 0 Å². The lowest BCUT2D eigenvalue weighted by Gasteiger charge is -2.22. The van der Waals surface area contributed by atoms with Crippen molar-refractivity contribution in [2.75, 3.05) is 25.9 Å². The number of pyridine rings is 1. The summed E-state index contributed by atoms with van der Waals surface area (Å²) in [6.07, 6.45) is 8.08. The number of thioether (sulfide) groups is 2. The monoisotopic (exact) mass is 462 g/mol. The largest absolute Gasteiger partial charge is 0.302 e. The molecule has 0 radical (unpaired) electrons. The summed E-state index contributed by atoms with van der Waals surface area (Å²) >= 11 is 6.17. The quantitative estimate of drug-likeness (QED) is 0.441. The molecular weight excluding hydrogens is 441 g/mol. The zero-order valence-electron chi connectivity index (χ0n) is 16.3. The summed E-state index contributed by atoms with van der Waals surface area (Å²) in [5.41, 5.74) is 4.35. The van der Waals surface area contributed by atoms with Crippen LogP contribution in [0.2, 0.25) is 0 Å². The zero-order valence-corrected chi connectivity index (χ0v) is 19.6. The summed E-state index contributed by atoms with van der Waals surface area (Å²) in [6, 6.07) is 3.96. The summed E-state index contributed by atoms with van der Waals surface area (Å²) in [6.45, 7) is 4.32. The molecule has 0 fully saturated rings. The van der Waals surface area contributed by atoms with E-state index in [9.17, 15) is 0 Å². The molecule has 4 heterocycles. The van der Waals surface area contributed by atoms with Crippen molar-refractivity contribution in [2.45, 2.75) is 35.1 Å². The fraction of sp³-hybridized carbons (Fsp3) is 0.421. The molecule has 3 aromatic rings. The first kappa shape index (κ1) is 20.9. The maximum atomic E-state index is 4.56. The third kappa shape index (κ3) is 5.43. The maximum absolute atomic E-state index is 4.56. The van der Waals surface area contributed by atoms with Crippen molar-refractivity contribution in [2.24, 2.45) is 0 Å².